The number of carbonyl (C=O) groups excluding carboxylic acids is 1. The van der Waals surface area contributed by atoms with Gasteiger partial charge in [-0.15, -0.1) is 0 Å². The third-order valence-corrected chi connectivity index (χ3v) is 4.61. The Bertz CT molecular complexity index is 728. The molecule has 1 aromatic heterocycles. The molecule has 2 heterocycles. The van der Waals surface area contributed by atoms with Crippen molar-refractivity contribution in [3.05, 3.63) is 52.9 Å². The molecule has 0 aliphatic carbocycles. The van der Waals surface area contributed by atoms with Crippen LogP contribution in [-0.4, -0.2) is 33.7 Å². The number of hydrogen-bond donors (Lipinski definition) is 0. The van der Waals surface area contributed by atoms with Crippen LogP contribution in [0.15, 0.2) is 24.3 Å². The third kappa shape index (κ3) is 3.32. The molecule has 24 heavy (non-hydrogen) atoms. The van der Waals surface area contributed by atoms with Crippen LogP contribution in [0.3, 0.4) is 0 Å². The lowest BCUT2D eigenvalue weighted by Crippen LogP contribution is -2.40. The van der Waals surface area contributed by atoms with E-state index in [1.54, 1.807) is 4.90 Å². The van der Waals surface area contributed by atoms with Crippen molar-refractivity contribution in [2.75, 3.05) is 13.1 Å². The number of rotatable bonds is 3. The molecule has 1 saturated heterocycles. The zero-order valence-electron chi connectivity index (χ0n) is 13.9. The molecule has 128 valence electrons. The van der Waals surface area contributed by atoms with Crippen molar-refractivity contribution in [3.63, 3.8) is 0 Å². The molecule has 1 fully saturated rings. The molecule has 0 atom stereocenters. The fraction of sp³-hybridized carbons (Fsp3) is 0.444. The Morgan fingerprint density at radius 3 is 2.38 bits per heavy atom. The lowest BCUT2D eigenvalue weighted by atomic mass is 9.96. The average molecular weight is 333 g/mol. The largest absolute Gasteiger partial charge is 0.338 e. The minimum absolute atomic E-state index is 0.414. The van der Waals surface area contributed by atoms with Crippen molar-refractivity contribution in [2.24, 2.45) is 5.92 Å². The summed E-state index contributed by atoms with van der Waals surface area (Å²) in [5.74, 6) is -1.75. The Morgan fingerprint density at radius 2 is 1.83 bits per heavy atom. The minimum atomic E-state index is -0.801. The number of aromatic nitrogens is 2. The second-order valence-electron chi connectivity index (χ2n) is 6.44. The van der Waals surface area contributed by atoms with Crippen LogP contribution in [0.5, 0.6) is 0 Å². The highest BCUT2D eigenvalue weighted by atomic mass is 19.1. The number of nitrogens with zero attached hydrogens (tertiary/aromatic N) is 3. The van der Waals surface area contributed by atoms with Crippen LogP contribution in [0, 0.1) is 31.4 Å². The van der Waals surface area contributed by atoms with Gasteiger partial charge in [0.15, 0.2) is 0 Å². The standard InChI is InChI=1S/C18H21F2N3O/c1-12-10-13(2)23(21-12)11-14-6-8-22(9-7-14)18(24)17-15(19)4-3-5-16(17)20/h3-5,10,14H,6-9,11H2,1-2H3. The van der Waals surface area contributed by atoms with Crippen molar-refractivity contribution in [1.29, 1.82) is 0 Å². The van der Waals surface area contributed by atoms with E-state index in [9.17, 15) is 13.6 Å². The molecule has 0 unspecified atom stereocenters. The van der Waals surface area contributed by atoms with Gasteiger partial charge >= 0.3 is 0 Å². The van der Waals surface area contributed by atoms with E-state index in [-0.39, 0.29) is 0 Å². The number of piperidine rings is 1. The van der Waals surface area contributed by atoms with Gasteiger partial charge in [-0.2, -0.15) is 5.10 Å². The molecule has 0 bridgehead atoms. The van der Waals surface area contributed by atoms with Gasteiger partial charge < -0.3 is 4.90 Å². The Hall–Kier alpha value is -2.24. The molecule has 1 aromatic carbocycles. The molecular weight excluding hydrogens is 312 g/mol. The van der Waals surface area contributed by atoms with Gasteiger partial charge in [0.25, 0.3) is 5.91 Å². The summed E-state index contributed by atoms with van der Waals surface area (Å²) in [5.41, 5.74) is 1.67. The number of halogens is 2. The Morgan fingerprint density at radius 1 is 1.21 bits per heavy atom. The summed E-state index contributed by atoms with van der Waals surface area (Å²) in [6, 6.07) is 5.54. The van der Waals surface area contributed by atoms with E-state index < -0.39 is 23.1 Å². The molecule has 0 radical (unpaired) electrons. The maximum absolute atomic E-state index is 13.8. The first-order valence-electron chi connectivity index (χ1n) is 8.20. The summed E-state index contributed by atoms with van der Waals surface area (Å²) in [7, 11) is 0. The number of aryl methyl sites for hydroxylation is 2. The zero-order valence-corrected chi connectivity index (χ0v) is 13.9. The Balaban J connectivity index is 1.63. The molecule has 6 heteroatoms. The van der Waals surface area contributed by atoms with Crippen LogP contribution < -0.4 is 0 Å². The van der Waals surface area contributed by atoms with Crippen LogP contribution in [0.2, 0.25) is 0 Å². The molecule has 2 aromatic rings. The Labute approximate surface area is 140 Å². The topological polar surface area (TPSA) is 38.1 Å². The first kappa shape index (κ1) is 16.6. The van der Waals surface area contributed by atoms with Crippen LogP contribution in [0.25, 0.3) is 0 Å². The van der Waals surface area contributed by atoms with Crippen LogP contribution in [-0.2, 0) is 6.54 Å². The lowest BCUT2D eigenvalue weighted by molar-refractivity contribution is 0.0671. The number of hydrogen-bond acceptors (Lipinski definition) is 2. The second-order valence-corrected chi connectivity index (χ2v) is 6.44. The van der Waals surface area contributed by atoms with E-state index >= 15 is 0 Å². The van der Waals surface area contributed by atoms with E-state index in [1.165, 1.54) is 6.07 Å². The van der Waals surface area contributed by atoms with E-state index in [4.69, 9.17) is 0 Å². The molecule has 3 rings (SSSR count). The quantitative estimate of drug-likeness (QED) is 0.864. The van der Waals surface area contributed by atoms with Crippen LogP contribution in [0.4, 0.5) is 8.78 Å². The molecule has 1 aliphatic heterocycles. The van der Waals surface area contributed by atoms with Crippen LogP contribution in [0.1, 0.15) is 34.6 Å². The van der Waals surface area contributed by atoms with Gasteiger partial charge in [0, 0.05) is 25.3 Å². The number of amides is 1. The van der Waals surface area contributed by atoms with Gasteiger partial charge in [-0.1, -0.05) is 6.07 Å². The van der Waals surface area contributed by atoms with Gasteiger partial charge in [-0.3, -0.25) is 9.48 Å². The fourth-order valence-electron chi connectivity index (χ4n) is 3.28. The second kappa shape index (κ2) is 6.71. The fourth-order valence-corrected chi connectivity index (χ4v) is 3.28. The average Bonchev–Trinajstić information content (AvgIpc) is 2.85. The highest BCUT2D eigenvalue weighted by Gasteiger charge is 2.27. The first-order chi connectivity index (χ1) is 11.5. The molecule has 0 saturated carbocycles. The summed E-state index contributed by atoms with van der Waals surface area (Å²) in [6.45, 7) is 5.83. The van der Waals surface area contributed by atoms with E-state index in [1.807, 2.05) is 24.6 Å². The highest BCUT2D eigenvalue weighted by molar-refractivity contribution is 5.94. The summed E-state index contributed by atoms with van der Waals surface area (Å²) >= 11 is 0. The van der Waals surface area contributed by atoms with Crippen molar-refractivity contribution in [2.45, 2.75) is 33.2 Å². The van der Waals surface area contributed by atoms with Gasteiger partial charge in [-0.05, 0) is 50.8 Å². The Kier molecular flexibility index (Phi) is 4.64. The summed E-state index contributed by atoms with van der Waals surface area (Å²) in [5, 5.41) is 4.47. The van der Waals surface area contributed by atoms with Crippen molar-refractivity contribution in [1.82, 2.24) is 14.7 Å². The van der Waals surface area contributed by atoms with Crippen LogP contribution >= 0.6 is 0 Å². The normalized spacial score (nSPS) is 15.8. The SMILES string of the molecule is Cc1cc(C)n(CC2CCN(C(=O)c3c(F)cccc3F)CC2)n1. The van der Waals surface area contributed by atoms with Crippen molar-refractivity contribution >= 4 is 5.91 Å². The van der Waals surface area contributed by atoms with Gasteiger partial charge in [0.05, 0.1) is 5.69 Å². The maximum atomic E-state index is 13.8. The molecule has 0 N–H and O–H groups in total. The van der Waals surface area contributed by atoms with E-state index in [0.717, 1.165) is 42.9 Å². The summed E-state index contributed by atoms with van der Waals surface area (Å²) in [6.07, 6.45) is 1.61. The predicted molar refractivity (Wildman–Crippen MR) is 86.7 cm³/mol. The number of likely N-dealkylation sites (tertiary alicyclic amines) is 1. The number of benzene rings is 1. The highest BCUT2D eigenvalue weighted by Crippen LogP contribution is 2.23. The van der Waals surface area contributed by atoms with Crippen molar-refractivity contribution < 1.29 is 13.6 Å². The molecule has 1 amide bonds. The zero-order chi connectivity index (χ0) is 17.3. The smallest absolute Gasteiger partial charge is 0.259 e. The van der Waals surface area contributed by atoms with Crippen molar-refractivity contribution in [3.8, 4) is 0 Å². The molecule has 4 nitrogen and oxygen atoms in total. The molecule has 0 spiro atoms. The minimum Gasteiger partial charge on any atom is -0.338 e. The monoisotopic (exact) mass is 333 g/mol. The first-order valence-corrected chi connectivity index (χ1v) is 8.20. The van der Waals surface area contributed by atoms with Gasteiger partial charge in [0.1, 0.15) is 17.2 Å². The summed E-state index contributed by atoms with van der Waals surface area (Å²) in [4.78, 5) is 13.9. The van der Waals surface area contributed by atoms with E-state index in [0.29, 0.717) is 19.0 Å². The van der Waals surface area contributed by atoms with Gasteiger partial charge in [0.2, 0.25) is 0 Å². The number of carbonyl (C=O) groups is 1. The predicted octanol–water partition coefficient (Wildman–Crippen LogP) is 3.33. The molecule has 1 aliphatic rings. The summed E-state index contributed by atoms with van der Waals surface area (Å²) < 4.78 is 29.5. The maximum Gasteiger partial charge on any atom is 0.259 e. The molecular formula is C18H21F2N3O. The third-order valence-electron chi connectivity index (χ3n) is 4.61. The van der Waals surface area contributed by atoms with Gasteiger partial charge in [-0.25, -0.2) is 8.78 Å². The lowest BCUT2D eigenvalue weighted by Gasteiger charge is -2.32. The van der Waals surface area contributed by atoms with E-state index in [2.05, 4.69) is 5.10 Å².